The molecule has 0 aliphatic carbocycles. The van der Waals surface area contributed by atoms with Crippen molar-refractivity contribution < 1.29 is 4.52 Å². The van der Waals surface area contributed by atoms with Crippen molar-refractivity contribution in [2.75, 3.05) is 10.6 Å². The van der Waals surface area contributed by atoms with E-state index in [2.05, 4.69) is 25.8 Å². The van der Waals surface area contributed by atoms with Gasteiger partial charge in [-0.2, -0.15) is 4.98 Å². The molecule has 112 valence electrons. The average molecular weight is 336 g/mol. The van der Waals surface area contributed by atoms with E-state index < -0.39 is 0 Å². The second kappa shape index (κ2) is 6.21. The number of hydrogen-bond donors (Lipinski definition) is 2. The van der Waals surface area contributed by atoms with E-state index in [4.69, 9.17) is 27.7 Å². The first-order valence-electron chi connectivity index (χ1n) is 6.35. The lowest BCUT2D eigenvalue weighted by atomic mass is 10.3. The van der Waals surface area contributed by atoms with Gasteiger partial charge in [0.1, 0.15) is 11.6 Å². The van der Waals surface area contributed by atoms with Crippen LogP contribution in [0.3, 0.4) is 0 Å². The quantitative estimate of drug-likeness (QED) is 0.727. The van der Waals surface area contributed by atoms with Gasteiger partial charge in [0.15, 0.2) is 5.82 Å². The van der Waals surface area contributed by atoms with Crippen molar-refractivity contribution in [2.45, 2.75) is 6.92 Å². The van der Waals surface area contributed by atoms with Crippen molar-refractivity contribution in [3.63, 3.8) is 0 Å². The highest BCUT2D eigenvalue weighted by molar-refractivity contribution is 6.42. The molecule has 2 heterocycles. The van der Waals surface area contributed by atoms with Gasteiger partial charge in [0.2, 0.25) is 5.95 Å². The molecular weight excluding hydrogens is 325 g/mol. The first kappa shape index (κ1) is 14.6. The molecule has 0 aliphatic rings. The molecule has 22 heavy (non-hydrogen) atoms. The van der Waals surface area contributed by atoms with Gasteiger partial charge in [0.25, 0.3) is 0 Å². The van der Waals surface area contributed by atoms with Crippen LogP contribution in [0, 0.1) is 6.92 Å². The second-order valence-corrected chi connectivity index (χ2v) is 5.28. The van der Waals surface area contributed by atoms with Crippen molar-refractivity contribution in [3.8, 4) is 0 Å². The van der Waals surface area contributed by atoms with E-state index in [1.165, 1.54) is 0 Å². The monoisotopic (exact) mass is 335 g/mol. The minimum absolute atomic E-state index is 0.401. The van der Waals surface area contributed by atoms with Gasteiger partial charge in [0, 0.05) is 18.0 Å². The highest BCUT2D eigenvalue weighted by Gasteiger charge is 2.05. The average Bonchev–Trinajstić information content (AvgIpc) is 2.89. The largest absolute Gasteiger partial charge is 0.360 e. The maximum absolute atomic E-state index is 5.99. The molecular formula is C14H11Cl2N5O. The zero-order valence-corrected chi connectivity index (χ0v) is 13.0. The fourth-order valence-corrected chi connectivity index (χ4v) is 2.05. The lowest BCUT2D eigenvalue weighted by molar-refractivity contribution is 0.400. The van der Waals surface area contributed by atoms with Gasteiger partial charge in [-0.1, -0.05) is 28.4 Å². The zero-order valence-electron chi connectivity index (χ0n) is 11.5. The summed E-state index contributed by atoms with van der Waals surface area (Å²) in [5.74, 6) is 2.26. The van der Waals surface area contributed by atoms with E-state index in [0.29, 0.717) is 33.4 Å². The molecule has 3 aromatic rings. The molecule has 2 N–H and O–H groups in total. The molecule has 0 aliphatic heterocycles. The van der Waals surface area contributed by atoms with Gasteiger partial charge < -0.3 is 15.2 Å². The minimum atomic E-state index is 0.401. The Kier molecular flexibility index (Phi) is 4.13. The number of halogens is 2. The number of nitrogens with zero attached hydrogens (tertiary/aromatic N) is 3. The van der Waals surface area contributed by atoms with E-state index in [1.54, 1.807) is 37.4 Å². The van der Waals surface area contributed by atoms with Crippen LogP contribution in [0.25, 0.3) is 0 Å². The smallest absolute Gasteiger partial charge is 0.230 e. The topological polar surface area (TPSA) is 75.9 Å². The third-order valence-electron chi connectivity index (χ3n) is 2.72. The van der Waals surface area contributed by atoms with E-state index in [9.17, 15) is 0 Å². The Morgan fingerprint density at radius 3 is 2.59 bits per heavy atom. The third kappa shape index (κ3) is 3.47. The van der Waals surface area contributed by atoms with Crippen LogP contribution in [0.5, 0.6) is 0 Å². The molecule has 8 heteroatoms. The number of nitrogens with one attached hydrogen (secondary N) is 2. The molecule has 6 nitrogen and oxygen atoms in total. The first-order chi connectivity index (χ1) is 10.6. The maximum atomic E-state index is 5.99. The summed E-state index contributed by atoms with van der Waals surface area (Å²) in [6, 6.07) is 8.74. The molecule has 0 saturated heterocycles. The summed E-state index contributed by atoms with van der Waals surface area (Å²) < 4.78 is 4.98. The third-order valence-corrected chi connectivity index (χ3v) is 3.45. The van der Waals surface area contributed by atoms with E-state index in [1.807, 2.05) is 6.07 Å². The van der Waals surface area contributed by atoms with Crippen LogP contribution in [-0.2, 0) is 0 Å². The molecule has 1 aromatic carbocycles. The van der Waals surface area contributed by atoms with Gasteiger partial charge in [-0.05, 0) is 31.2 Å². The highest BCUT2D eigenvalue weighted by atomic mass is 35.5. The molecule has 0 radical (unpaired) electrons. The standard InChI is InChI=1S/C14H11Cl2N5O/c1-8-6-13(21-22-8)20-14-17-5-4-12(19-14)18-9-2-3-10(15)11(16)7-9/h2-7H,1H3,(H2,17,18,19,20,21). The predicted octanol–water partition coefficient (Wildman–Crippen LogP) is 4.57. The van der Waals surface area contributed by atoms with Crippen molar-refractivity contribution in [3.05, 3.63) is 52.3 Å². The Hall–Kier alpha value is -2.31. The molecule has 0 amide bonds. The zero-order chi connectivity index (χ0) is 15.5. The molecule has 0 fully saturated rings. The van der Waals surface area contributed by atoms with Crippen molar-refractivity contribution in [2.24, 2.45) is 0 Å². The number of hydrogen-bond acceptors (Lipinski definition) is 6. The van der Waals surface area contributed by atoms with Gasteiger partial charge in [-0.15, -0.1) is 0 Å². The fraction of sp³-hybridized carbons (Fsp3) is 0.0714. The summed E-state index contributed by atoms with van der Waals surface area (Å²) in [4.78, 5) is 8.46. The molecule has 0 spiro atoms. The van der Waals surface area contributed by atoms with Crippen molar-refractivity contribution >= 4 is 46.5 Å². The summed E-state index contributed by atoms with van der Waals surface area (Å²) in [6.45, 7) is 1.81. The number of aromatic nitrogens is 3. The van der Waals surface area contributed by atoms with Crippen LogP contribution in [0.4, 0.5) is 23.3 Å². The molecule has 0 bridgehead atoms. The van der Waals surface area contributed by atoms with Crippen LogP contribution in [-0.4, -0.2) is 15.1 Å². The number of aryl methyl sites for hydroxylation is 1. The van der Waals surface area contributed by atoms with Crippen LogP contribution in [0.15, 0.2) is 41.1 Å². The van der Waals surface area contributed by atoms with Crippen LogP contribution in [0.1, 0.15) is 5.76 Å². The van der Waals surface area contributed by atoms with Gasteiger partial charge in [0.05, 0.1) is 10.0 Å². The molecule has 3 rings (SSSR count). The van der Waals surface area contributed by atoms with E-state index >= 15 is 0 Å². The lowest BCUT2D eigenvalue weighted by Gasteiger charge is -2.08. The summed E-state index contributed by atoms with van der Waals surface area (Å²) in [6.07, 6.45) is 1.63. The van der Waals surface area contributed by atoms with Crippen LogP contribution >= 0.6 is 23.2 Å². The number of benzene rings is 1. The maximum Gasteiger partial charge on any atom is 0.230 e. The summed E-state index contributed by atoms with van der Waals surface area (Å²) in [7, 11) is 0. The van der Waals surface area contributed by atoms with Crippen LogP contribution < -0.4 is 10.6 Å². The minimum Gasteiger partial charge on any atom is -0.360 e. The Balaban J connectivity index is 1.77. The Labute approximate surface area is 136 Å². The SMILES string of the molecule is Cc1cc(Nc2nccc(Nc3ccc(Cl)c(Cl)c3)n2)no1. The number of anilines is 4. The van der Waals surface area contributed by atoms with Gasteiger partial charge >= 0.3 is 0 Å². The second-order valence-electron chi connectivity index (χ2n) is 4.47. The normalized spacial score (nSPS) is 10.5. The molecule has 2 aromatic heterocycles. The van der Waals surface area contributed by atoms with Crippen LogP contribution in [0.2, 0.25) is 10.0 Å². The first-order valence-corrected chi connectivity index (χ1v) is 7.11. The fourth-order valence-electron chi connectivity index (χ4n) is 1.75. The molecule has 0 unspecified atom stereocenters. The van der Waals surface area contributed by atoms with E-state index in [0.717, 1.165) is 5.69 Å². The summed E-state index contributed by atoms with van der Waals surface area (Å²) >= 11 is 11.9. The molecule has 0 atom stereocenters. The molecule has 0 saturated carbocycles. The predicted molar refractivity (Wildman–Crippen MR) is 86.3 cm³/mol. The van der Waals surface area contributed by atoms with Gasteiger partial charge in [-0.3, -0.25) is 0 Å². The lowest BCUT2D eigenvalue weighted by Crippen LogP contribution is -2.00. The summed E-state index contributed by atoms with van der Waals surface area (Å²) in [5.41, 5.74) is 0.774. The summed E-state index contributed by atoms with van der Waals surface area (Å²) in [5, 5.41) is 10.9. The number of rotatable bonds is 4. The highest BCUT2D eigenvalue weighted by Crippen LogP contribution is 2.26. The van der Waals surface area contributed by atoms with Crippen molar-refractivity contribution in [1.82, 2.24) is 15.1 Å². The van der Waals surface area contributed by atoms with Crippen molar-refractivity contribution in [1.29, 1.82) is 0 Å². The Bertz CT molecular complexity index is 805. The van der Waals surface area contributed by atoms with E-state index in [-0.39, 0.29) is 0 Å². The Morgan fingerprint density at radius 1 is 1.00 bits per heavy atom. The Morgan fingerprint density at radius 2 is 1.86 bits per heavy atom. The van der Waals surface area contributed by atoms with Gasteiger partial charge in [-0.25, -0.2) is 4.98 Å².